The highest BCUT2D eigenvalue weighted by molar-refractivity contribution is 14.0. The van der Waals surface area contributed by atoms with Crippen molar-refractivity contribution < 1.29 is 4.79 Å². The summed E-state index contributed by atoms with van der Waals surface area (Å²) in [4.78, 5) is 21.5. The standard InChI is InChI=1S/C22H41N5OS.HI/c1-18(2)20(28)26-11-7-19(8-12-26)25-21(23-3)24-17-22(9-5-4-6-10-22)27-13-15-29-16-14-27;/h18-19H,4-17H2,1-3H3,(H2,23,24,25);1H. The van der Waals surface area contributed by atoms with Crippen LogP contribution in [0.4, 0.5) is 0 Å². The molecule has 0 spiro atoms. The fraction of sp³-hybridized carbons (Fsp3) is 0.909. The summed E-state index contributed by atoms with van der Waals surface area (Å²) in [5.74, 6) is 3.83. The predicted octanol–water partition coefficient (Wildman–Crippen LogP) is 3.17. The quantitative estimate of drug-likeness (QED) is 0.313. The van der Waals surface area contributed by atoms with Crippen LogP contribution in [0.3, 0.4) is 0 Å². The second kappa shape index (κ2) is 12.7. The molecule has 1 aliphatic carbocycles. The molecule has 2 heterocycles. The average molecular weight is 552 g/mol. The molecule has 30 heavy (non-hydrogen) atoms. The zero-order chi connectivity index (χ0) is 20.7. The third-order valence-electron chi connectivity index (χ3n) is 6.92. The molecule has 0 atom stereocenters. The summed E-state index contributed by atoms with van der Waals surface area (Å²) in [6.07, 6.45) is 8.67. The molecule has 8 heteroatoms. The molecule has 0 unspecified atom stereocenters. The van der Waals surface area contributed by atoms with E-state index in [1.165, 1.54) is 56.7 Å². The van der Waals surface area contributed by atoms with Gasteiger partial charge in [0, 0.05) is 68.8 Å². The number of likely N-dealkylation sites (tertiary alicyclic amines) is 1. The third kappa shape index (κ3) is 6.89. The fourth-order valence-corrected chi connectivity index (χ4v) is 6.00. The number of nitrogens with zero attached hydrogens (tertiary/aromatic N) is 3. The summed E-state index contributed by atoms with van der Waals surface area (Å²) in [5, 5.41) is 7.32. The fourth-order valence-electron chi connectivity index (χ4n) is 5.10. The van der Waals surface area contributed by atoms with E-state index in [1.54, 1.807) is 0 Å². The molecule has 2 aliphatic heterocycles. The first-order valence-electron chi connectivity index (χ1n) is 11.6. The summed E-state index contributed by atoms with van der Waals surface area (Å²) in [5.41, 5.74) is 0.296. The van der Waals surface area contributed by atoms with Gasteiger partial charge in [-0.15, -0.1) is 24.0 Å². The lowest BCUT2D eigenvalue weighted by atomic mass is 9.80. The van der Waals surface area contributed by atoms with Crippen LogP contribution in [0.15, 0.2) is 4.99 Å². The lowest BCUT2D eigenvalue weighted by Gasteiger charge is -2.48. The maximum Gasteiger partial charge on any atom is 0.225 e. The Hall–Kier alpha value is -0.220. The number of hydrogen-bond acceptors (Lipinski definition) is 4. The van der Waals surface area contributed by atoms with Crippen molar-refractivity contribution in [3.05, 3.63) is 0 Å². The number of rotatable bonds is 5. The minimum Gasteiger partial charge on any atom is -0.355 e. The van der Waals surface area contributed by atoms with Crippen LogP contribution in [0, 0.1) is 5.92 Å². The average Bonchev–Trinajstić information content (AvgIpc) is 2.77. The van der Waals surface area contributed by atoms with Crippen molar-refractivity contribution in [3.63, 3.8) is 0 Å². The van der Waals surface area contributed by atoms with Crippen molar-refractivity contribution in [2.45, 2.75) is 70.4 Å². The van der Waals surface area contributed by atoms with Gasteiger partial charge in [0.15, 0.2) is 5.96 Å². The van der Waals surface area contributed by atoms with Gasteiger partial charge in [-0.05, 0) is 25.7 Å². The Morgan fingerprint density at radius 1 is 1.10 bits per heavy atom. The number of halogens is 1. The van der Waals surface area contributed by atoms with E-state index in [4.69, 9.17) is 0 Å². The van der Waals surface area contributed by atoms with Gasteiger partial charge in [-0.25, -0.2) is 0 Å². The van der Waals surface area contributed by atoms with E-state index in [-0.39, 0.29) is 35.8 Å². The van der Waals surface area contributed by atoms with E-state index in [0.29, 0.717) is 11.6 Å². The van der Waals surface area contributed by atoms with Gasteiger partial charge in [0.2, 0.25) is 5.91 Å². The Morgan fingerprint density at radius 2 is 1.73 bits per heavy atom. The molecule has 0 aromatic rings. The molecule has 2 N–H and O–H groups in total. The molecule has 0 aromatic heterocycles. The number of amides is 1. The number of carbonyl (C=O) groups excluding carboxylic acids is 1. The zero-order valence-corrected chi connectivity index (χ0v) is 22.3. The largest absolute Gasteiger partial charge is 0.355 e. The molecule has 174 valence electrons. The van der Waals surface area contributed by atoms with Crippen LogP contribution < -0.4 is 10.6 Å². The van der Waals surface area contributed by atoms with E-state index in [2.05, 4.69) is 32.3 Å². The molecule has 0 radical (unpaired) electrons. The molecule has 3 aliphatic rings. The van der Waals surface area contributed by atoms with Gasteiger partial charge in [0.05, 0.1) is 0 Å². The monoisotopic (exact) mass is 551 g/mol. The highest BCUT2D eigenvalue weighted by Crippen LogP contribution is 2.34. The van der Waals surface area contributed by atoms with Crippen LogP contribution in [-0.2, 0) is 4.79 Å². The van der Waals surface area contributed by atoms with E-state index in [1.807, 2.05) is 25.8 Å². The number of carbonyl (C=O) groups is 1. The van der Waals surface area contributed by atoms with Gasteiger partial charge in [0.25, 0.3) is 0 Å². The second-order valence-corrected chi connectivity index (χ2v) is 10.4. The summed E-state index contributed by atoms with van der Waals surface area (Å²) < 4.78 is 0. The van der Waals surface area contributed by atoms with Gasteiger partial charge in [0.1, 0.15) is 0 Å². The van der Waals surface area contributed by atoms with Crippen LogP contribution >= 0.6 is 35.7 Å². The van der Waals surface area contributed by atoms with Crippen LogP contribution in [0.5, 0.6) is 0 Å². The molecular weight excluding hydrogens is 509 g/mol. The normalized spacial score (nSPS) is 23.7. The molecule has 3 rings (SSSR count). The Balaban J connectivity index is 0.00000320. The maximum atomic E-state index is 12.2. The Bertz CT molecular complexity index is 554. The number of piperidine rings is 1. The molecule has 2 saturated heterocycles. The molecular formula is C22H42IN5OS. The summed E-state index contributed by atoms with van der Waals surface area (Å²) in [7, 11) is 1.87. The number of hydrogen-bond donors (Lipinski definition) is 2. The second-order valence-electron chi connectivity index (χ2n) is 9.21. The Kier molecular flexibility index (Phi) is 11.0. The maximum absolute atomic E-state index is 12.2. The van der Waals surface area contributed by atoms with Gasteiger partial charge >= 0.3 is 0 Å². The lowest BCUT2D eigenvalue weighted by Crippen LogP contribution is -2.60. The van der Waals surface area contributed by atoms with Gasteiger partial charge in [-0.2, -0.15) is 11.8 Å². The van der Waals surface area contributed by atoms with Crippen LogP contribution in [0.1, 0.15) is 58.8 Å². The number of guanidine groups is 1. The topological polar surface area (TPSA) is 60.0 Å². The number of nitrogens with one attached hydrogen (secondary N) is 2. The summed E-state index contributed by atoms with van der Waals surface area (Å²) in [6.45, 7) is 9.10. The van der Waals surface area contributed by atoms with Gasteiger partial charge in [-0.1, -0.05) is 33.1 Å². The zero-order valence-electron chi connectivity index (χ0n) is 19.1. The Morgan fingerprint density at radius 3 is 2.30 bits per heavy atom. The molecule has 1 amide bonds. The molecule has 0 bridgehead atoms. The first kappa shape index (κ1) is 26.0. The van der Waals surface area contributed by atoms with Crippen molar-refractivity contribution in [2.75, 3.05) is 51.3 Å². The van der Waals surface area contributed by atoms with E-state index in [9.17, 15) is 4.79 Å². The van der Waals surface area contributed by atoms with Crippen molar-refractivity contribution in [1.82, 2.24) is 20.4 Å². The van der Waals surface area contributed by atoms with E-state index >= 15 is 0 Å². The van der Waals surface area contributed by atoms with Crippen molar-refractivity contribution in [2.24, 2.45) is 10.9 Å². The number of aliphatic imine (C=N–C) groups is 1. The number of thioether (sulfide) groups is 1. The lowest BCUT2D eigenvalue weighted by molar-refractivity contribution is -0.135. The van der Waals surface area contributed by atoms with Gasteiger partial charge < -0.3 is 15.5 Å². The first-order valence-corrected chi connectivity index (χ1v) is 12.8. The highest BCUT2D eigenvalue weighted by Gasteiger charge is 2.38. The van der Waals surface area contributed by atoms with Crippen molar-refractivity contribution in [1.29, 1.82) is 0 Å². The first-order chi connectivity index (χ1) is 14.0. The molecule has 6 nitrogen and oxygen atoms in total. The smallest absolute Gasteiger partial charge is 0.225 e. The van der Waals surface area contributed by atoms with E-state index in [0.717, 1.165) is 38.4 Å². The molecule has 1 saturated carbocycles. The van der Waals surface area contributed by atoms with Crippen LogP contribution in [0.2, 0.25) is 0 Å². The third-order valence-corrected chi connectivity index (χ3v) is 7.86. The minimum absolute atomic E-state index is 0. The SMILES string of the molecule is CN=C(NCC1(N2CCSCC2)CCCCC1)NC1CCN(C(=O)C(C)C)CC1.I. The highest BCUT2D eigenvalue weighted by atomic mass is 127. The van der Waals surface area contributed by atoms with Crippen molar-refractivity contribution in [3.8, 4) is 0 Å². The Labute approximate surface area is 204 Å². The molecule has 3 fully saturated rings. The van der Waals surface area contributed by atoms with Crippen LogP contribution in [-0.4, -0.2) is 84.5 Å². The van der Waals surface area contributed by atoms with Gasteiger partial charge in [-0.3, -0.25) is 14.7 Å². The summed E-state index contributed by atoms with van der Waals surface area (Å²) in [6, 6.07) is 0.395. The minimum atomic E-state index is 0. The van der Waals surface area contributed by atoms with E-state index < -0.39 is 0 Å². The van der Waals surface area contributed by atoms with Crippen molar-refractivity contribution >= 4 is 47.6 Å². The van der Waals surface area contributed by atoms with Crippen LogP contribution in [0.25, 0.3) is 0 Å². The molecule has 0 aromatic carbocycles. The predicted molar refractivity (Wildman–Crippen MR) is 139 cm³/mol. The summed E-state index contributed by atoms with van der Waals surface area (Å²) >= 11 is 2.09.